The molecule has 10 heteroatoms. The fourth-order valence-corrected chi connectivity index (χ4v) is 3.50. The lowest BCUT2D eigenvalue weighted by Gasteiger charge is -2.13. The van der Waals surface area contributed by atoms with E-state index in [-0.39, 0.29) is 22.1 Å². The highest BCUT2D eigenvalue weighted by atomic mass is 32.2. The van der Waals surface area contributed by atoms with Crippen molar-refractivity contribution >= 4 is 21.4 Å². The second-order valence-corrected chi connectivity index (χ2v) is 7.73. The Kier molecular flexibility index (Phi) is 4.31. The van der Waals surface area contributed by atoms with Crippen LogP contribution in [0.4, 0.5) is 18.9 Å². The van der Waals surface area contributed by atoms with Crippen LogP contribution in [0.15, 0.2) is 47.4 Å². The molecule has 0 radical (unpaired) electrons. The van der Waals surface area contributed by atoms with Gasteiger partial charge in [-0.05, 0) is 43.3 Å². The van der Waals surface area contributed by atoms with Gasteiger partial charge in [0.05, 0.1) is 4.90 Å². The Morgan fingerprint density at radius 2 is 1.69 bits per heavy atom. The van der Waals surface area contributed by atoms with E-state index in [1.165, 1.54) is 6.07 Å². The average molecular weight is 387 g/mol. The number of nitrogens with one attached hydrogen (secondary N) is 1. The summed E-state index contributed by atoms with van der Waals surface area (Å²) in [6, 6.07) is 7.55. The van der Waals surface area contributed by atoms with Gasteiger partial charge in [-0.15, -0.1) is 8.78 Å². The molecule has 6 nitrogen and oxygen atoms in total. The van der Waals surface area contributed by atoms with E-state index in [2.05, 4.69) is 14.8 Å². The van der Waals surface area contributed by atoms with Crippen LogP contribution >= 0.6 is 0 Å². The zero-order valence-corrected chi connectivity index (χ0v) is 14.0. The molecule has 0 bridgehead atoms. The minimum Gasteiger partial charge on any atom is -0.395 e. The molecule has 1 atom stereocenters. The summed E-state index contributed by atoms with van der Waals surface area (Å²) in [6.45, 7) is 1.16. The number of ether oxygens (including phenoxy) is 2. The first-order chi connectivity index (χ1) is 12.1. The Labute approximate surface area is 146 Å². The highest BCUT2D eigenvalue weighted by Gasteiger charge is 2.43. The lowest BCUT2D eigenvalue weighted by atomic mass is 10.2. The lowest BCUT2D eigenvalue weighted by Crippen LogP contribution is -2.32. The molecule has 0 saturated carbocycles. The van der Waals surface area contributed by atoms with Crippen LogP contribution in [-0.4, -0.2) is 25.9 Å². The molecule has 26 heavy (non-hydrogen) atoms. The molecule has 1 unspecified atom stereocenters. The first-order valence-electron chi connectivity index (χ1n) is 7.29. The monoisotopic (exact) mass is 387 g/mol. The second-order valence-electron chi connectivity index (χ2n) is 5.46. The van der Waals surface area contributed by atoms with Crippen molar-refractivity contribution in [1.29, 1.82) is 0 Å². The predicted molar refractivity (Wildman–Crippen MR) is 84.3 cm³/mol. The van der Waals surface area contributed by atoms with Crippen LogP contribution in [0.3, 0.4) is 0 Å². The number of alkyl halides is 2. The van der Waals surface area contributed by atoms with E-state index in [4.69, 9.17) is 0 Å². The van der Waals surface area contributed by atoms with Crippen LogP contribution in [0, 0.1) is 5.82 Å². The maximum absolute atomic E-state index is 13.0. The topological polar surface area (TPSA) is 81.7 Å². The molecule has 1 aliphatic rings. The molecular formula is C16H12F3NO5S. The standard InChI is InChI=1S/C16H12F3NO5S/c1-9(26(22,23)12-5-2-10(17)3-6-12)15(21)20-11-4-7-13-14(8-11)25-16(18,19)24-13/h2-9H,1H3,(H,20,21). The number of rotatable bonds is 4. The number of hydrogen-bond donors (Lipinski definition) is 1. The normalized spacial score (nSPS) is 16.2. The Morgan fingerprint density at radius 1 is 1.08 bits per heavy atom. The van der Waals surface area contributed by atoms with Crippen LogP contribution in [0.2, 0.25) is 0 Å². The molecule has 0 saturated heterocycles. The first-order valence-corrected chi connectivity index (χ1v) is 8.83. The van der Waals surface area contributed by atoms with Crippen molar-refractivity contribution in [3.8, 4) is 11.5 Å². The summed E-state index contributed by atoms with van der Waals surface area (Å²) in [5.41, 5.74) is 0.0520. The van der Waals surface area contributed by atoms with Crippen LogP contribution < -0.4 is 14.8 Å². The predicted octanol–water partition coefficient (Wildman–Crippen LogP) is 2.95. The van der Waals surface area contributed by atoms with Crippen molar-refractivity contribution in [2.45, 2.75) is 23.4 Å². The molecule has 2 aromatic rings. The van der Waals surface area contributed by atoms with Gasteiger partial charge in [0.15, 0.2) is 21.3 Å². The second kappa shape index (κ2) is 6.20. The van der Waals surface area contributed by atoms with Crippen LogP contribution in [0.25, 0.3) is 0 Å². The molecule has 1 aliphatic heterocycles. The SMILES string of the molecule is CC(C(=O)Nc1ccc2c(c1)OC(F)(F)O2)S(=O)(=O)c1ccc(F)cc1. The lowest BCUT2D eigenvalue weighted by molar-refractivity contribution is -0.286. The van der Waals surface area contributed by atoms with Crippen molar-refractivity contribution in [1.82, 2.24) is 0 Å². The van der Waals surface area contributed by atoms with Gasteiger partial charge < -0.3 is 14.8 Å². The summed E-state index contributed by atoms with van der Waals surface area (Å²) >= 11 is 0. The molecule has 2 aromatic carbocycles. The van der Waals surface area contributed by atoms with Gasteiger partial charge in [-0.2, -0.15) is 0 Å². The Hall–Kier alpha value is -2.75. The molecule has 3 rings (SSSR count). The minimum absolute atomic E-state index is 0.0520. The molecule has 0 fully saturated rings. The van der Waals surface area contributed by atoms with Gasteiger partial charge in [-0.3, -0.25) is 4.79 Å². The smallest absolute Gasteiger partial charge is 0.395 e. The summed E-state index contributed by atoms with van der Waals surface area (Å²) in [5, 5.41) is 0.813. The summed E-state index contributed by atoms with van der Waals surface area (Å²) in [6.07, 6.45) is -3.80. The van der Waals surface area contributed by atoms with E-state index in [1.54, 1.807) is 0 Å². The number of sulfone groups is 1. The third kappa shape index (κ3) is 3.45. The molecular weight excluding hydrogens is 375 g/mol. The number of benzene rings is 2. The van der Waals surface area contributed by atoms with Gasteiger partial charge in [0.25, 0.3) is 0 Å². The van der Waals surface area contributed by atoms with Gasteiger partial charge in [0, 0.05) is 11.8 Å². The fraction of sp³-hybridized carbons (Fsp3) is 0.188. The largest absolute Gasteiger partial charge is 0.586 e. The number of carbonyl (C=O) groups excluding carboxylic acids is 1. The van der Waals surface area contributed by atoms with Crippen molar-refractivity contribution < 1.29 is 35.9 Å². The third-order valence-electron chi connectivity index (χ3n) is 3.65. The molecule has 1 heterocycles. The maximum atomic E-state index is 13.0. The van der Waals surface area contributed by atoms with Crippen LogP contribution in [-0.2, 0) is 14.6 Å². The number of hydrogen-bond acceptors (Lipinski definition) is 5. The van der Waals surface area contributed by atoms with E-state index >= 15 is 0 Å². The molecule has 1 N–H and O–H groups in total. The van der Waals surface area contributed by atoms with Gasteiger partial charge in [-0.1, -0.05) is 0 Å². The van der Waals surface area contributed by atoms with E-state index < -0.39 is 33.1 Å². The first kappa shape index (κ1) is 18.1. The van der Waals surface area contributed by atoms with Crippen molar-refractivity contribution in [2.24, 2.45) is 0 Å². The number of fused-ring (bicyclic) bond motifs is 1. The zero-order valence-electron chi connectivity index (χ0n) is 13.2. The summed E-state index contributed by atoms with van der Waals surface area (Å²) in [4.78, 5) is 12.0. The molecule has 1 amide bonds. The molecule has 0 aromatic heterocycles. The van der Waals surface area contributed by atoms with Gasteiger partial charge in [-0.25, -0.2) is 12.8 Å². The average Bonchev–Trinajstić information content (AvgIpc) is 2.87. The summed E-state index contributed by atoms with van der Waals surface area (Å²) in [5.74, 6) is -2.00. The van der Waals surface area contributed by atoms with Crippen LogP contribution in [0.5, 0.6) is 11.5 Å². The summed E-state index contributed by atoms with van der Waals surface area (Å²) in [7, 11) is -4.06. The Morgan fingerprint density at radius 3 is 2.35 bits per heavy atom. The number of halogens is 3. The number of anilines is 1. The highest BCUT2D eigenvalue weighted by Crippen LogP contribution is 2.42. The third-order valence-corrected chi connectivity index (χ3v) is 5.72. The zero-order chi connectivity index (χ0) is 19.1. The minimum atomic E-state index is -4.06. The highest BCUT2D eigenvalue weighted by molar-refractivity contribution is 7.92. The van der Waals surface area contributed by atoms with Gasteiger partial charge in [0.2, 0.25) is 5.91 Å². The quantitative estimate of drug-likeness (QED) is 0.816. The molecule has 138 valence electrons. The van der Waals surface area contributed by atoms with Crippen molar-refractivity contribution in [3.05, 3.63) is 48.3 Å². The molecule has 0 spiro atoms. The van der Waals surface area contributed by atoms with Gasteiger partial charge >= 0.3 is 6.29 Å². The fourth-order valence-electron chi connectivity index (χ4n) is 2.24. The molecule has 0 aliphatic carbocycles. The van der Waals surface area contributed by atoms with Crippen LogP contribution in [0.1, 0.15) is 6.92 Å². The van der Waals surface area contributed by atoms with Crippen molar-refractivity contribution in [3.63, 3.8) is 0 Å². The van der Waals surface area contributed by atoms with Gasteiger partial charge in [0.1, 0.15) is 11.1 Å². The maximum Gasteiger partial charge on any atom is 0.586 e. The Bertz CT molecular complexity index is 960. The van der Waals surface area contributed by atoms with E-state index in [9.17, 15) is 26.4 Å². The van der Waals surface area contributed by atoms with E-state index in [1.807, 2.05) is 0 Å². The van der Waals surface area contributed by atoms with E-state index in [0.717, 1.165) is 43.3 Å². The Balaban J connectivity index is 1.77. The summed E-state index contributed by atoms with van der Waals surface area (Å²) < 4.78 is 72.3. The number of amides is 1. The van der Waals surface area contributed by atoms with Crippen molar-refractivity contribution in [2.75, 3.05) is 5.32 Å². The van der Waals surface area contributed by atoms with E-state index in [0.29, 0.717) is 0 Å². The number of carbonyl (C=O) groups is 1.